The molecule has 0 aliphatic carbocycles. The number of sulfone groups is 1. The molecular weight excluding hydrogens is 335 g/mol. The zero-order chi connectivity index (χ0) is 17.6. The topological polar surface area (TPSA) is 74.7 Å². The molecule has 1 amide bonds. The van der Waals surface area contributed by atoms with Crippen molar-refractivity contribution in [3.05, 3.63) is 29.8 Å². The van der Waals surface area contributed by atoms with Gasteiger partial charge in [0.1, 0.15) is 0 Å². The summed E-state index contributed by atoms with van der Waals surface area (Å²) in [6.45, 7) is 2.90. The van der Waals surface area contributed by atoms with Gasteiger partial charge in [0.15, 0.2) is 9.84 Å². The molecule has 1 fully saturated rings. The van der Waals surface area contributed by atoms with Gasteiger partial charge < -0.3 is 10.0 Å². The van der Waals surface area contributed by atoms with Gasteiger partial charge in [-0.05, 0) is 32.0 Å². The van der Waals surface area contributed by atoms with Crippen LogP contribution in [0.2, 0.25) is 0 Å². The quantitative estimate of drug-likeness (QED) is 0.909. The van der Waals surface area contributed by atoms with E-state index in [2.05, 4.69) is 0 Å². The third kappa shape index (κ3) is 3.01. The molecule has 0 spiro atoms. The molecule has 1 aliphatic heterocycles. The Balaban J connectivity index is 2.33. The highest BCUT2D eigenvalue weighted by Gasteiger charge is 2.49. The zero-order valence-electron chi connectivity index (χ0n) is 12.5. The predicted octanol–water partition coefficient (Wildman–Crippen LogP) is 2.87. The Labute approximate surface area is 131 Å². The van der Waals surface area contributed by atoms with Crippen molar-refractivity contribution >= 4 is 15.9 Å². The number of benzene rings is 1. The smallest absolute Gasteiger partial charge is 0.416 e. The summed E-state index contributed by atoms with van der Waals surface area (Å²) < 4.78 is 62.3. The van der Waals surface area contributed by atoms with Crippen molar-refractivity contribution in [3.8, 4) is 0 Å². The van der Waals surface area contributed by atoms with Crippen LogP contribution in [0.4, 0.5) is 18.0 Å². The van der Waals surface area contributed by atoms with Crippen LogP contribution >= 0.6 is 0 Å². The summed E-state index contributed by atoms with van der Waals surface area (Å²) >= 11 is 0. The van der Waals surface area contributed by atoms with Crippen molar-refractivity contribution in [1.82, 2.24) is 4.90 Å². The maximum Gasteiger partial charge on any atom is 0.416 e. The molecule has 0 aromatic heterocycles. The van der Waals surface area contributed by atoms with Gasteiger partial charge in [-0.1, -0.05) is 6.07 Å². The second-order valence-corrected chi connectivity index (χ2v) is 8.55. The number of carboxylic acid groups (broad SMARTS) is 1. The van der Waals surface area contributed by atoms with Crippen LogP contribution in [0, 0.1) is 5.92 Å². The fourth-order valence-corrected chi connectivity index (χ4v) is 4.17. The fourth-order valence-electron chi connectivity index (χ4n) is 2.44. The van der Waals surface area contributed by atoms with Crippen LogP contribution in [-0.4, -0.2) is 42.4 Å². The minimum atomic E-state index is -4.63. The highest BCUT2D eigenvalue weighted by molar-refractivity contribution is 7.92. The molecule has 1 saturated heterocycles. The molecule has 0 atom stereocenters. The van der Waals surface area contributed by atoms with E-state index in [1.54, 1.807) is 0 Å². The Bertz CT molecular complexity index is 722. The van der Waals surface area contributed by atoms with Gasteiger partial charge in [-0.25, -0.2) is 13.2 Å². The normalized spacial score (nSPS) is 17.0. The van der Waals surface area contributed by atoms with Crippen LogP contribution in [0.15, 0.2) is 29.2 Å². The van der Waals surface area contributed by atoms with Crippen LogP contribution in [0.1, 0.15) is 19.4 Å². The minimum Gasteiger partial charge on any atom is -0.465 e. The summed E-state index contributed by atoms with van der Waals surface area (Å²) in [6.07, 6.45) is -5.78. The molecule has 128 valence electrons. The average Bonchev–Trinajstić information content (AvgIpc) is 2.35. The second-order valence-electron chi connectivity index (χ2n) is 6.02. The van der Waals surface area contributed by atoms with Gasteiger partial charge in [-0.15, -0.1) is 0 Å². The summed E-state index contributed by atoms with van der Waals surface area (Å²) in [5, 5.41) is 8.81. The zero-order valence-corrected chi connectivity index (χ0v) is 13.3. The number of hydrogen-bond donors (Lipinski definition) is 1. The molecular formula is C14H16F3NO4S. The first-order chi connectivity index (χ1) is 10.4. The molecule has 0 saturated carbocycles. The standard InChI is InChI=1S/C14H16F3NO4S/c1-13(2,10-7-18(8-10)12(19)20)23(21,22)11-5-3-4-9(6-11)14(15,16)17/h3-6,10H,7-8H2,1-2H3,(H,19,20). The molecule has 0 radical (unpaired) electrons. The van der Waals surface area contributed by atoms with Gasteiger partial charge in [0, 0.05) is 19.0 Å². The molecule has 2 rings (SSSR count). The number of hydrogen-bond acceptors (Lipinski definition) is 3. The number of carbonyl (C=O) groups is 1. The number of alkyl halides is 3. The van der Waals surface area contributed by atoms with Crippen LogP contribution in [0.3, 0.4) is 0 Å². The summed E-state index contributed by atoms with van der Waals surface area (Å²) in [5.41, 5.74) is -1.03. The fraction of sp³-hybridized carbons (Fsp3) is 0.500. The summed E-state index contributed by atoms with van der Waals surface area (Å²) in [7, 11) is -4.05. The number of halogens is 3. The van der Waals surface area contributed by atoms with Gasteiger partial charge >= 0.3 is 12.3 Å². The monoisotopic (exact) mass is 351 g/mol. The Morgan fingerprint density at radius 2 is 1.83 bits per heavy atom. The molecule has 1 aliphatic rings. The average molecular weight is 351 g/mol. The highest BCUT2D eigenvalue weighted by atomic mass is 32.2. The Hall–Kier alpha value is -1.77. The maximum atomic E-state index is 12.8. The van der Waals surface area contributed by atoms with E-state index in [-0.39, 0.29) is 13.1 Å². The second kappa shape index (κ2) is 5.40. The number of amides is 1. The molecule has 1 N–H and O–H groups in total. The third-order valence-electron chi connectivity index (χ3n) is 4.30. The number of nitrogens with zero attached hydrogens (tertiary/aromatic N) is 1. The van der Waals surface area contributed by atoms with Crippen molar-refractivity contribution in [2.45, 2.75) is 29.7 Å². The van der Waals surface area contributed by atoms with E-state index in [4.69, 9.17) is 5.11 Å². The summed E-state index contributed by atoms with van der Waals surface area (Å²) in [5.74, 6) is -0.474. The lowest BCUT2D eigenvalue weighted by atomic mass is 9.88. The SMILES string of the molecule is CC(C)(C1CN(C(=O)O)C1)S(=O)(=O)c1cccc(C(F)(F)F)c1. The van der Waals surface area contributed by atoms with Crippen LogP contribution in [0.25, 0.3) is 0 Å². The van der Waals surface area contributed by atoms with E-state index in [9.17, 15) is 26.4 Å². The highest BCUT2D eigenvalue weighted by Crippen LogP contribution is 2.39. The van der Waals surface area contributed by atoms with Gasteiger partial charge in [0.2, 0.25) is 0 Å². The van der Waals surface area contributed by atoms with Crippen molar-refractivity contribution in [2.24, 2.45) is 5.92 Å². The first-order valence-electron chi connectivity index (χ1n) is 6.77. The van der Waals surface area contributed by atoms with E-state index in [0.29, 0.717) is 6.07 Å². The van der Waals surface area contributed by atoms with E-state index in [1.165, 1.54) is 13.8 Å². The molecule has 5 nitrogen and oxygen atoms in total. The van der Waals surface area contributed by atoms with Gasteiger partial charge in [0.05, 0.1) is 15.2 Å². The molecule has 1 aromatic carbocycles. The molecule has 23 heavy (non-hydrogen) atoms. The van der Waals surface area contributed by atoms with Gasteiger partial charge in [0.25, 0.3) is 0 Å². The number of likely N-dealkylation sites (tertiary alicyclic amines) is 1. The van der Waals surface area contributed by atoms with Gasteiger partial charge in [-0.3, -0.25) is 0 Å². The van der Waals surface area contributed by atoms with E-state index in [1.807, 2.05) is 0 Å². The largest absolute Gasteiger partial charge is 0.465 e. The van der Waals surface area contributed by atoms with Crippen LogP contribution in [0.5, 0.6) is 0 Å². The lowest BCUT2D eigenvalue weighted by Gasteiger charge is -2.45. The third-order valence-corrected chi connectivity index (χ3v) is 6.89. The first-order valence-corrected chi connectivity index (χ1v) is 8.25. The summed E-state index contributed by atoms with van der Waals surface area (Å²) in [6, 6.07) is 3.60. The van der Waals surface area contributed by atoms with Crippen molar-refractivity contribution in [1.29, 1.82) is 0 Å². The maximum absolute atomic E-state index is 12.8. The Kier molecular flexibility index (Phi) is 4.13. The molecule has 0 bridgehead atoms. The molecule has 9 heteroatoms. The van der Waals surface area contributed by atoms with E-state index < -0.39 is 43.2 Å². The minimum absolute atomic E-state index is 0.0422. The molecule has 1 heterocycles. The molecule has 1 aromatic rings. The number of rotatable bonds is 3. The predicted molar refractivity (Wildman–Crippen MR) is 75.8 cm³/mol. The van der Waals surface area contributed by atoms with E-state index in [0.717, 1.165) is 23.1 Å². The Morgan fingerprint density at radius 3 is 2.30 bits per heavy atom. The van der Waals surface area contributed by atoms with Gasteiger partial charge in [-0.2, -0.15) is 13.2 Å². The summed E-state index contributed by atoms with van der Waals surface area (Å²) in [4.78, 5) is 11.4. The van der Waals surface area contributed by atoms with Crippen LogP contribution in [-0.2, 0) is 16.0 Å². The van der Waals surface area contributed by atoms with Crippen molar-refractivity contribution in [3.63, 3.8) is 0 Å². The lowest BCUT2D eigenvalue weighted by molar-refractivity contribution is -0.137. The van der Waals surface area contributed by atoms with Crippen molar-refractivity contribution < 1.29 is 31.5 Å². The lowest BCUT2D eigenvalue weighted by Crippen LogP contribution is -2.59. The first kappa shape index (κ1) is 17.6. The van der Waals surface area contributed by atoms with E-state index >= 15 is 0 Å². The van der Waals surface area contributed by atoms with Crippen molar-refractivity contribution in [2.75, 3.05) is 13.1 Å². The van der Waals surface area contributed by atoms with Crippen LogP contribution < -0.4 is 0 Å². The Morgan fingerprint density at radius 1 is 1.26 bits per heavy atom. The molecule has 0 unspecified atom stereocenters.